The molecule has 1 aliphatic rings. The summed E-state index contributed by atoms with van der Waals surface area (Å²) in [4.78, 5) is 17.7. The first-order chi connectivity index (χ1) is 14.3. The number of aryl methyl sites for hydroxylation is 1. The highest BCUT2D eigenvalue weighted by atomic mass is 15.0. The zero-order valence-electron chi connectivity index (χ0n) is 16.6. The van der Waals surface area contributed by atoms with Gasteiger partial charge in [-0.3, -0.25) is 9.97 Å². The van der Waals surface area contributed by atoms with Crippen LogP contribution in [0.15, 0.2) is 60.8 Å². The normalized spacial score (nSPS) is 19.5. The fraction of sp³-hybridized carbons (Fsp3) is 0.292. The van der Waals surface area contributed by atoms with E-state index in [0.29, 0.717) is 6.42 Å². The van der Waals surface area contributed by atoms with Gasteiger partial charge in [0, 0.05) is 24.4 Å². The van der Waals surface area contributed by atoms with Crippen LogP contribution in [0, 0.1) is 6.92 Å². The van der Waals surface area contributed by atoms with Crippen molar-refractivity contribution in [1.82, 2.24) is 25.3 Å². The lowest BCUT2D eigenvalue weighted by atomic mass is 9.92. The Morgan fingerprint density at radius 2 is 1.83 bits per heavy atom. The van der Waals surface area contributed by atoms with E-state index in [0.717, 1.165) is 46.8 Å². The molecule has 4 heterocycles. The number of benzene rings is 1. The Labute approximate surface area is 170 Å². The molecule has 1 saturated heterocycles. The van der Waals surface area contributed by atoms with E-state index < -0.39 is 0 Å². The first-order valence-corrected chi connectivity index (χ1v) is 10.3. The second-order valence-electron chi connectivity index (χ2n) is 7.84. The summed E-state index contributed by atoms with van der Waals surface area (Å²) < 4.78 is 0. The monoisotopic (exact) mass is 383 g/mol. The molecule has 0 saturated carbocycles. The number of nitrogens with one attached hydrogen (secondary N) is 2. The average molecular weight is 383 g/mol. The summed E-state index contributed by atoms with van der Waals surface area (Å²) >= 11 is 0. The average Bonchev–Trinajstić information content (AvgIpc) is 3.17. The summed E-state index contributed by atoms with van der Waals surface area (Å²) in [5, 5.41) is 3.79. The van der Waals surface area contributed by atoms with Gasteiger partial charge < -0.3 is 10.3 Å². The summed E-state index contributed by atoms with van der Waals surface area (Å²) in [6.45, 7) is 2.14. The van der Waals surface area contributed by atoms with Gasteiger partial charge in [-0.05, 0) is 62.1 Å². The highest BCUT2D eigenvalue weighted by Crippen LogP contribution is 2.32. The molecule has 29 heavy (non-hydrogen) atoms. The molecule has 0 bridgehead atoms. The fourth-order valence-corrected chi connectivity index (χ4v) is 4.30. The number of fused-ring (bicyclic) bond motifs is 1. The molecule has 5 nitrogen and oxygen atoms in total. The smallest absolute Gasteiger partial charge is 0.113 e. The SMILES string of the molecule is Cc1cccnc1[C@@H]1CCC[C@H](c2cccc(Cc3nc4ccccc4[nH]3)n2)N1. The number of para-hydroxylation sites is 2. The largest absolute Gasteiger partial charge is 0.342 e. The summed E-state index contributed by atoms with van der Waals surface area (Å²) in [6, 6.07) is 19.1. The lowest BCUT2D eigenvalue weighted by molar-refractivity contribution is 0.320. The molecule has 0 spiro atoms. The lowest BCUT2D eigenvalue weighted by Crippen LogP contribution is -2.32. The predicted molar refractivity (Wildman–Crippen MR) is 115 cm³/mol. The summed E-state index contributed by atoms with van der Waals surface area (Å²) in [6.07, 6.45) is 5.99. The number of aromatic nitrogens is 4. The van der Waals surface area contributed by atoms with Gasteiger partial charge in [0.05, 0.1) is 28.5 Å². The second kappa shape index (κ2) is 7.76. The van der Waals surface area contributed by atoms with Crippen molar-refractivity contribution in [2.45, 2.75) is 44.7 Å². The van der Waals surface area contributed by atoms with Crippen molar-refractivity contribution in [3.05, 3.63) is 89.3 Å². The molecule has 2 N–H and O–H groups in total. The zero-order valence-corrected chi connectivity index (χ0v) is 16.6. The van der Waals surface area contributed by atoms with Crippen molar-refractivity contribution in [1.29, 1.82) is 0 Å². The Bertz CT molecular complexity index is 1100. The Balaban J connectivity index is 1.35. The molecule has 5 rings (SSSR count). The molecular formula is C24H25N5. The molecule has 0 radical (unpaired) electrons. The number of rotatable bonds is 4. The third-order valence-electron chi connectivity index (χ3n) is 5.74. The van der Waals surface area contributed by atoms with E-state index in [-0.39, 0.29) is 12.1 Å². The molecule has 1 fully saturated rings. The van der Waals surface area contributed by atoms with E-state index in [1.165, 1.54) is 12.0 Å². The van der Waals surface area contributed by atoms with Gasteiger partial charge in [0.1, 0.15) is 5.82 Å². The van der Waals surface area contributed by atoms with Gasteiger partial charge in [0.2, 0.25) is 0 Å². The van der Waals surface area contributed by atoms with Crippen LogP contribution in [0.1, 0.15) is 59.8 Å². The lowest BCUT2D eigenvalue weighted by Gasteiger charge is -2.31. The Morgan fingerprint density at radius 1 is 0.931 bits per heavy atom. The molecule has 1 aromatic carbocycles. The van der Waals surface area contributed by atoms with Crippen LogP contribution in [0.2, 0.25) is 0 Å². The second-order valence-corrected chi connectivity index (χ2v) is 7.84. The highest BCUT2D eigenvalue weighted by molar-refractivity contribution is 5.74. The zero-order chi connectivity index (χ0) is 19.6. The number of hydrogen-bond donors (Lipinski definition) is 2. The van der Waals surface area contributed by atoms with Crippen molar-refractivity contribution in [2.24, 2.45) is 0 Å². The van der Waals surface area contributed by atoms with Crippen LogP contribution in [0.5, 0.6) is 0 Å². The molecular weight excluding hydrogens is 358 g/mol. The van der Waals surface area contributed by atoms with Crippen molar-refractivity contribution in [2.75, 3.05) is 0 Å². The van der Waals surface area contributed by atoms with Crippen molar-refractivity contribution < 1.29 is 0 Å². The molecule has 0 aliphatic carbocycles. The first-order valence-electron chi connectivity index (χ1n) is 10.3. The van der Waals surface area contributed by atoms with Crippen molar-refractivity contribution in [3.8, 4) is 0 Å². The van der Waals surface area contributed by atoms with Crippen LogP contribution in [-0.4, -0.2) is 19.9 Å². The topological polar surface area (TPSA) is 66.5 Å². The van der Waals surface area contributed by atoms with E-state index in [1.54, 1.807) is 0 Å². The standard InChI is InChI=1S/C24H25N5/c1-16-7-6-14-25-24(16)22-13-5-12-19(27-22)18-11-4-8-17(26-18)15-23-28-20-9-2-3-10-21(20)29-23/h2-4,6-11,14,19,22,27H,5,12-13,15H2,1H3,(H,28,29)/t19-,22+/m1/s1. The minimum atomic E-state index is 0.255. The Kier molecular flexibility index (Phi) is 4.82. The van der Waals surface area contributed by atoms with E-state index in [4.69, 9.17) is 9.97 Å². The van der Waals surface area contributed by atoms with Gasteiger partial charge in [0.25, 0.3) is 0 Å². The Morgan fingerprint density at radius 3 is 2.72 bits per heavy atom. The van der Waals surface area contributed by atoms with Crippen LogP contribution in [0.3, 0.4) is 0 Å². The molecule has 1 aliphatic heterocycles. The number of imidazole rings is 1. The van der Waals surface area contributed by atoms with Gasteiger partial charge in [-0.1, -0.05) is 24.3 Å². The quantitative estimate of drug-likeness (QED) is 0.531. The molecule has 2 atom stereocenters. The number of nitrogens with zero attached hydrogens (tertiary/aromatic N) is 3. The van der Waals surface area contributed by atoms with Gasteiger partial charge in [-0.15, -0.1) is 0 Å². The van der Waals surface area contributed by atoms with Crippen molar-refractivity contribution in [3.63, 3.8) is 0 Å². The fourth-order valence-electron chi connectivity index (χ4n) is 4.30. The van der Waals surface area contributed by atoms with Crippen LogP contribution in [0.25, 0.3) is 11.0 Å². The maximum atomic E-state index is 4.97. The van der Waals surface area contributed by atoms with Gasteiger partial charge >= 0.3 is 0 Å². The van der Waals surface area contributed by atoms with Gasteiger partial charge in [-0.25, -0.2) is 4.98 Å². The van der Waals surface area contributed by atoms with E-state index in [1.807, 2.05) is 30.5 Å². The first kappa shape index (κ1) is 18.0. The number of H-pyrrole nitrogens is 1. The predicted octanol–water partition coefficient (Wildman–Crippen LogP) is 4.81. The highest BCUT2D eigenvalue weighted by Gasteiger charge is 2.26. The summed E-state index contributed by atoms with van der Waals surface area (Å²) in [5.74, 6) is 0.953. The minimum absolute atomic E-state index is 0.255. The molecule has 4 aromatic rings. The molecule has 0 unspecified atom stereocenters. The molecule has 0 amide bonds. The van der Waals surface area contributed by atoms with E-state index in [9.17, 15) is 0 Å². The van der Waals surface area contributed by atoms with E-state index in [2.05, 4.69) is 52.5 Å². The molecule has 5 heteroatoms. The van der Waals surface area contributed by atoms with Crippen LogP contribution < -0.4 is 5.32 Å². The van der Waals surface area contributed by atoms with Crippen LogP contribution in [-0.2, 0) is 6.42 Å². The summed E-state index contributed by atoms with van der Waals surface area (Å²) in [7, 11) is 0. The van der Waals surface area contributed by atoms with Gasteiger partial charge in [0.15, 0.2) is 0 Å². The number of pyridine rings is 2. The maximum absolute atomic E-state index is 4.97. The maximum Gasteiger partial charge on any atom is 0.113 e. The summed E-state index contributed by atoms with van der Waals surface area (Å²) in [5.41, 5.74) is 6.63. The Hall–Kier alpha value is -3.05. The molecule has 3 aromatic heterocycles. The van der Waals surface area contributed by atoms with E-state index >= 15 is 0 Å². The van der Waals surface area contributed by atoms with Gasteiger partial charge in [-0.2, -0.15) is 0 Å². The molecule has 146 valence electrons. The van der Waals surface area contributed by atoms with Crippen molar-refractivity contribution >= 4 is 11.0 Å². The minimum Gasteiger partial charge on any atom is -0.342 e. The number of piperidine rings is 1. The van der Waals surface area contributed by atoms with Crippen LogP contribution in [0.4, 0.5) is 0 Å². The number of hydrogen-bond acceptors (Lipinski definition) is 4. The van der Waals surface area contributed by atoms with Crippen LogP contribution >= 0.6 is 0 Å². The number of aromatic amines is 1. The third-order valence-corrected chi connectivity index (χ3v) is 5.74. The third kappa shape index (κ3) is 3.78.